The first-order valence-electron chi connectivity index (χ1n) is 13.1. The summed E-state index contributed by atoms with van der Waals surface area (Å²) < 4.78 is 14.2. The van der Waals surface area contributed by atoms with Crippen LogP contribution in [0.4, 0.5) is 10.1 Å². The van der Waals surface area contributed by atoms with E-state index >= 15 is 0 Å². The van der Waals surface area contributed by atoms with Crippen LogP contribution in [0, 0.1) is 11.7 Å². The third kappa shape index (κ3) is 5.74. The maximum atomic E-state index is 14.2. The minimum Gasteiger partial charge on any atom is -0.504 e. The number of carbonyl (C=O) groups is 1. The van der Waals surface area contributed by atoms with E-state index in [1.165, 1.54) is 31.5 Å². The van der Waals surface area contributed by atoms with Crippen LogP contribution in [-0.2, 0) is 0 Å². The Balaban J connectivity index is 1.37. The molecule has 196 valence electrons. The van der Waals surface area contributed by atoms with E-state index in [1.807, 2.05) is 18.2 Å². The molecule has 0 amide bonds. The maximum Gasteiger partial charge on any atom is 0.170 e. The Morgan fingerprint density at radius 2 is 1.84 bits per heavy atom. The van der Waals surface area contributed by atoms with Crippen LogP contribution in [0.15, 0.2) is 36.5 Å². The number of pyridine rings is 1. The standard InChI is InChI=1S/C29H34ClFN4O2/c1-18(36)24-16-32-27-8-5-20(21-14-25(30)29(37)26(31)15-21)13-23(27)28(24)33-22-6-3-19(4-7-22)17-35-11-9-34(2)10-12-35/h5,8,13-16,19,22,37H,3-4,6-7,9-12,17H2,1-2H3,(H,32,33)/t19-,22-. The van der Waals surface area contributed by atoms with Gasteiger partial charge < -0.3 is 20.2 Å². The van der Waals surface area contributed by atoms with Crippen molar-refractivity contribution in [2.24, 2.45) is 5.92 Å². The number of Topliss-reactive ketones (excluding diaryl/α,β-unsaturated/α-hetero) is 1. The molecule has 37 heavy (non-hydrogen) atoms. The highest BCUT2D eigenvalue weighted by Gasteiger charge is 2.26. The van der Waals surface area contributed by atoms with Gasteiger partial charge in [0, 0.05) is 50.3 Å². The number of likely N-dealkylation sites (N-methyl/N-ethyl adjacent to an activating group) is 1. The number of aromatic hydroxyl groups is 1. The number of hydrogen-bond acceptors (Lipinski definition) is 6. The van der Waals surface area contributed by atoms with Gasteiger partial charge in [0.05, 0.1) is 21.8 Å². The van der Waals surface area contributed by atoms with Crippen LogP contribution in [-0.4, -0.2) is 71.5 Å². The van der Waals surface area contributed by atoms with Crippen molar-refractivity contribution in [3.8, 4) is 16.9 Å². The van der Waals surface area contributed by atoms with E-state index in [0.29, 0.717) is 17.0 Å². The van der Waals surface area contributed by atoms with Gasteiger partial charge in [0.25, 0.3) is 0 Å². The van der Waals surface area contributed by atoms with Crippen molar-refractivity contribution in [3.05, 3.63) is 52.9 Å². The summed E-state index contributed by atoms with van der Waals surface area (Å²) in [4.78, 5) is 22.0. The topological polar surface area (TPSA) is 68.7 Å². The van der Waals surface area contributed by atoms with Gasteiger partial charge in [0.1, 0.15) is 0 Å². The first-order chi connectivity index (χ1) is 17.8. The van der Waals surface area contributed by atoms with Gasteiger partial charge in [-0.25, -0.2) is 4.39 Å². The molecule has 3 aromatic rings. The molecule has 8 heteroatoms. The van der Waals surface area contributed by atoms with E-state index in [2.05, 4.69) is 27.1 Å². The van der Waals surface area contributed by atoms with Gasteiger partial charge in [-0.1, -0.05) is 17.7 Å². The van der Waals surface area contributed by atoms with Crippen molar-refractivity contribution in [1.29, 1.82) is 0 Å². The quantitative estimate of drug-likeness (QED) is 0.396. The number of fused-ring (bicyclic) bond motifs is 1. The summed E-state index contributed by atoms with van der Waals surface area (Å²) in [6.07, 6.45) is 6.08. The van der Waals surface area contributed by atoms with Gasteiger partial charge >= 0.3 is 0 Å². The zero-order chi connectivity index (χ0) is 26.1. The van der Waals surface area contributed by atoms with Crippen LogP contribution in [0.25, 0.3) is 22.0 Å². The Bertz CT molecular complexity index is 1280. The molecular formula is C29H34ClFN4O2. The highest BCUT2D eigenvalue weighted by atomic mass is 35.5. The molecule has 1 aromatic heterocycles. The Morgan fingerprint density at radius 3 is 2.51 bits per heavy atom. The number of rotatable bonds is 6. The van der Waals surface area contributed by atoms with E-state index in [9.17, 15) is 14.3 Å². The molecule has 0 atom stereocenters. The fraction of sp³-hybridized carbons (Fsp3) is 0.448. The summed E-state index contributed by atoms with van der Waals surface area (Å²) in [5.41, 5.74) is 3.37. The third-order valence-corrected chi connectivity index (χ3v) is 8.19. The van der Waals surface area contributed by atoms with Gasteiger partial charge in [-0.15, -0.1) is 0 Å². The predicted molar refractivity (Wildman–Crippen MR) is 147 cm³/mol. The average molecular weight is 525 g/mol. The molecule has 0 spiro atoms. The number of nitrogens with one attached hydrogen (secondary N) is 1. The largest absolute Gasteiger partial charge is 0.504 e. The number of nitrogens with zero attached hydrogens (tertiary/aromatic N) is 3. The summed E-state index contributed by atoms with van der Waals surface area (Å²) in [5.74, 6) is -0.671. The number of piperazine rings is 1. The molecule has 5 rings (SSSR count). The van der Waals surface area contributed by atoms with Gasteiger partial charge in [0.15, 0.2) is 17.3 Å². The van der Waals surface area contributed by atoms with Crippen LogP contribution in [0.5, 0.6) is 5.75 Å². The van der Waals surface area contributed by atoms with Crippen LogP contribution in [0.1, 0.15) is 43.0 Å². The smallest absolute Gasteiger partial charge is 0.170 e. The lowest BCUT2D eigenvalue weighted by Gasteiger charge is -2.37. The lowest BCUT2D eigenvalue weighted by molar-refractivity contribution is 0.101. The molecule has 2 heterocycles. The molecule has 0 bridgehead atoms. The van der Waals surface area contributed by atoms with E-state index in [1.54, 1.807) is 13.1 Å². The zero-order valence-corrected chi connectivity index (χ0v) is 22.2. The van der Waals surface area contributed by atoms with Crippen LogP contribution < -0.4 is 5.32 Å². The number of aromatic nitrogens is 1. The first kappa shape index (κ1) is 25.9. The Morgan fingerprint density at radius 1 is 1.11 bits per heavy atom. The van der Waals surface area contributed by atoms with Gasteiger partial charge in [-0.3, -0.25) is 9.78 Å². The molecule has 2 aromatic carbocycles. The van der Waals surface area contributed by atoms with Crippen molar-refractivity contribution >= 4 is 34.0 Å². The SMILES string of the molecule is CC(=O)c1cnc2ccc(-c3cc(F)c(O)c(Cl)c3)cc2c1N[C@H]1CC[C@H](CN2CCN(C)CC2)CC1. The Labute approximate surface area is 222 Å². The van der Waals surface area contributed by atoms with Crippen LogP contribution in [0.3, 0.4) is 0 Å². The molecule has 2 N–H and O–H groups in total. The van der Waals surface area contributed by atoms with E-state index < -0.39 is 11.6 Å². The molecule has 2 aliphatic rings. The van der Waals surface area contributed by atoms with Crippen molar-refractivity contribution in [1.82, 2.24) is 14.8 Å². The maximum absolute atomic E-state index is 14.2. The third-order valence-electron chi connectivity index (χ3n) is 7.90. The Hall–Kier alpha value is -2.74. The van der Waals surface area contributed by atoms with Crippen LogP contribution >= 0.6 is 11.6 Å². The molecule has 0 unspecified atom stereocenters. The summed E-state index contributed by atoms with van der Waals surface area (Å²) in [7, 11) is 2.19. The second-order valence-corrected chi connectivity index (χ2v) is 11.0. The Kier molecular flexibility index (Phi) is 7.65. The lowest BCUT2D eigenvalue weighted by atomic mass is 9.85. The monoisotopic (exact) mass is 524 g/mol. The van der Waals surface area contributed by atoms with Crippen molar-refractivity contribution < 1.29 is 14.3 Å². The second-order valence-electron chi connectivity index (χ2n) is 10.6. The van der Waals surface area contributed by atoms with Gasteiger partial charge in [0.2, 0.25) is 0 Å². The predicted octanol–water partition coefficient (Wildman–Crippen LogP) is 5.82. The van der Waals surface area contributed by atoms with E-state index in [4.69, 9.17) is 11.6 Å². The lowest BCUT2D eigenvalue weighted by Crippen LogP contribution is -2.46. The average Bonchev–Trinajstić information content (AvgIpc) is 2.89. The molecule has 0 radical (unpaired) electrons. The van der Waals surface area contributed by atoms with Crippen molar-refractivity contribution in [3.63, 3.8) is 0 Å². The van der Waals surface area contributed by atoms with Gasteiger partial charge in [-0.05, 0) is 81.0 Å². The van der Waals surface area contributed by atoms with Crippen molar-refractivity contribution in [2.75, 3.05) is 45.1 Å². The molecule has 6 nitrogen and oxygen atoms in total. The molecule has 1 aliphatic carbocycles. The van der Waals surface area contributed by atoms with E-state index in [0.717, 1.165) is 61.2 Å². The second kappa shape index (κ2) is 10.9. The summed E-state index contributed by atoms with van der Waals surface area (Å²) in [5, 5.41) is 14.2. The number of hydrogen-bond donors (Lipinski definition) is 2. The number of carbonyl (C=O) groups excluding carboxylic acids is 1. The molecule has 2 fully saturated rings. The fourth-order valence-corrected chi connectivity index (χ4v) is 5.82. The fourth-order valence-electron chi connectivity index (χ4n) is 5.62. The highest BCUT2D eigenvalue weighted by molar-refractivity contribution is 6.32. The zero-order valence-electron chi connectivity index (χ0n) is 21.4. The van der Waals surface area contributed by atoms with Gasteiger partial charge in [-0.2, -0.15) is 0 Å². The molecule has 1 aliphatic heterocycles. The van der Waals surface area contributed by atoms with Crippen molar-refractivity contribution in [2.45, 2.75) is 38.6 Å². The molecule has 1 saturated carbocycles. The molecule has 1 saturated heterocycles. The first-order valence-corrected chi connectivity index (χ1v) is 13.5. The minimum atomic E-state index is -0.773. The number of anilines is 1. The number of phenolic OH excluding ortho intramolecular Hbond substituents is 1. The normalized spacial score (nSPS) is 21.3. The summed E-state index contributed by atoms with van der Waals surface area (Å²) in [6.45, 7) is 7.32. The van der Waals surface area contributed by atoms with Crippen LogP contribution in [0.2, 0.25) is 5.02 Å². The van der Waals surface area contributed by atoms with E-state index in [-0.39, 0.29) is 16.8 Å². The molecular weight excluding hydrogens is 491 g/mol. The number of halogens is 2. The number of benzene rings is 2. The summed E-state index contributed by atoms with van der Waals surface area (Å²) in [6, 6.07) is 8.70. The number of ketones is 1. The minimum absolute atomic E-state index is 0.0441. The highest BCUT2D eigenvalue weighted by Crippen LogP contribution is 2.37. The number of phenols is 1. The summed E-state index contributed by atoms with van der Waals surface area (Å²) >= 11 is 6.03.